The Labute approximate surface area is 237 Å². The number of likely N-dealkylation sites (N-methyl/N-ethyl adjacent to an activating group) is 1. The molecule has 0 spiro atoms. The summed E-state index contributed by atoms with van der Waals surface area (Å²) in [7, 11) is 5.51. The van der Waals surface area contributed by atoms with E-state index in [2.05, 4.69) is 46.3 Å². The van der Waals surface area contributed by atoms with Gasteiger partial charge in [-0.3, -0.25) is 9.59 Å². The number of fused-ring (bicyclic) bond motifs is 1. The molecular weight excluding hydrogens is 506 g/mol. The molecule has 3 aliphatic rings. The van der Waals surface area contributed by atoms with E-state index in [4.69, 9.17) is 9.72 Å². The van der Waals surface area contributed by atoms with E-state index in [1.54, 1.807) is 30.3 Å². The number of anilines is 4. The van der Waals surface area contributed by atoms with Crippen molar-refractivity contribution in [3.8, 4) is 5.75 Å². The summed E-state index contributed by atoms with van der Waals surface area (Å²) in [5.74, 6) is 2.15. The van der Waals surface area contributed by atoms with Crippen LogP contribution in [0.2, 0.25) is 0 Å². The minimum absolute atomic E-state index is 0.0967. The molecule has 0 unspecified atom stereocenters. The molecule has 2 aliphatic heterocycles. The van der Waals surface area contributed by atoms with E-state index in [0.29, 0.717) is 34.9 Å². The summed E-state index contributed by atoms with van der Waals surface area (Å²) < 4.78 is 5.65. The van der Waals surface area contributed by atoms with Crippen molar-refractivity contribution in [3.05, 3.63) is 30.0 Å². The van der Waals surface area contributed by atoms with Gasteiger partial charge in [0.25, 0.3) is 5.91 Å². The predicted octanol–water partition coefficient (Wildman–Crippen LogP) is 4.19. The van der Waals surface area contributed by atoms with Crippen molar-refractivity contribution >= 4 is 35.0 Å². The number of piperidine rings is 1. The summed E-state index contributed by atoms with van der Waals surface area (Å²) >= 11 is 0. The second-order valence-electron chi connectivity index (χ2n) is 11.9. The Morgan fingerprint density at radius 2 is 1.85 bits per heavy atom. The molecule has 0 bridgehead atoms. The van der Waals surface area contributed by atoms with Crippen LogP contribution in [-0.4, -0.2) is 79.1 Å². The van der Waals surface area contributed by atoms with E-state index in [0.717, 1.165) is 56.7 Å². The van der Waals surface area contributed by atoms with Crippen LogP contribution < -0.4 is 25.2 Å². The molecule has 1 aromatic heterocycles. The summed E-state index contributed by atoms with van der Waals surface area (Å²) in [5, 5.41) is 6.47. The number of methoxy groups -OCH3 is 1. The first-order valence-electron chi connectivity index (χ1n) is 14.6. The molecule has 216 valence electrons. The highest BCUT2D eigenvalue weighted by molar-refractivity contribution is 6.04. The second-order valence-corrected chi connectivity index (χ2v) is 11.9. The van der Waals surface area contributed by atoms with Gasteiger partial charge in [-0.15, -0.1) is 0 Å². The number of aromatic nitrogens is 2. The van der Waals surface area contributed by atoms with Crippen LogP contribution in [0.25, 0.3) is 0 Å². The maximum atomic E-state index is 13.4. The minimum Gasteiger partial charge on any atom is -0.495 e. The van der Waals surface area contributed by atoms with E-state index in [9.17, 15) is 9.59 Å². The lowest BCUT2D eigenvalue weighted by molar-refractivity contribution is -0.120. The number of carbonyl (C=O) groups is 2. The van der Waals surface area contributed by atoms with Crippen LogP contribution in [0.1, 0.15) is 69.2 Å². The Hall–Kier alpha value is -3.40. The Kier molecular flexibility index (Phi) is 8.44. The van der Waals surface area contributed by atoms with Gasteiger partial charge in [0.05, 0.1) is 19.0 Å². The molecule has 3 heterocycles. The van der Waals surface area contributed by atoms with Gasteiger partial charge in [0.2, 0.25) is 11.9 Å². The Morgan fingerprint density at radius 1 is 1.12 bits per heavy atom. The van der Waals surface area contributed by atoms with Gasteiger partial charge in [-0.2, -0.15) is 4.98 Å². The number of hydrogen-bond acceptors (Lipinski definition) is 8. The van der Waals surface area contributed by atoms with Crippen molar-refractivity contribution in [1.82, 2.24) is 20.2 Å². The molecule has 5 rings (SSSR count). The maximum absolute atomic E-state index is 13.4. The standard InChI is InChI=1S/C30H43N7O3/c1-19(2)16-24-29(39)36(4)25-18-31-30(34-27(25)37(24)22-8-6-7-9-22)33-23-11-10-20(17-26(23)40-5)28(38)32-21-12-14-35(3)15-13-21/h10-11,17-19,21-22,24H,6-9,12-16H2,1-5H3,(H,32,38)(H,31,33,34)/t24-/m1/s1. The zero-order chi connectivity index (χ0) is 28.4. The fraction of sp³-hybridized carbons (Fsp3) is 0.600. The number of hydrogen-bond donors (Lipinski definition) is 2. The molecule has 1 atom stereocenters. The third-order valence-corrected chi connectivity index (χ3v) is 8.48. The van der Waals surface area contributed by atoms with Gasteiger partial charge >= 0.3 is 0 Å². The SMILES string of the molecule is COc1cc(C(=O)NC2CCN(C)CC2)ccc1Nc1ncc2c(n1)N(C1CCCC1)[C@H](CC(C)C)C(=O)N2C. The maximum Gasteiger partial charge on any atom is 0.251 e. The van der Waals surface area contributed by atoms with Gasteiger partial charge in [-0.25, -0.2) is 4.98 Å². The van der Waals surface area contributed by atoms with Gasteiger partial charge < -0.3 is 30.1 Å². The normalized spacial score (nSPS) is 20.6. The third kappa shape index (κ3) is 5.87. The summed E-state index contributed by atoms with van der Waals surface area (Å²) in [5.41, 5.74) is 1.96. The molecule has 10 nitrogen and oxygen atoms in total. The summed E-state index contributed by atoms with van der Waals surface area (Å²) in [4.78, 5) is 42.2. The van der Waals surface area contributed by atoms with Gasteiger partial charge in [-0.05, 0) is 76.4 Å². The van der Waals surface area contributed by atoms with Crippen LogP contribution in [0.15, 0.2) is 24.4 Å². The lowest BCUT2D eigenvalue weighted by Crippen LogP contribution is -2.56. The highest BCUT2D eigenvalue weighted by Gasteiger charge is 2.42. The van der Waals surface area contributed by atoms with Crippen LogP contribution in [-0.2, 0) is 4.79 Å². The molecule has 10 heteroatoms. The topological polar surface area (TPSA) is 103 Å². The average Bonchev–Trinajstić information content (AvgIpc) is 3.47. The first-order chi connectivity index (χ1) is 19.2. The van der Waals surface area contributed by atoms with E-state index in [1.807, 2.05) is 13.1 Å². The molecular formula is C30H43N7O3. The van der Waals surface area contributed by atoms with Crippen molar-refractivity contribution in [3.63, 3.8) is 0 Å². The highest BCUT2D eigenvalue weighted by atomic mass is 16.5. The van der Waals surface area contributed by atoms with E-state index in [-0.39, 0.29) is 23.9 Å². The van der Waals surface area contributed by atoms with Crippen LogP contribution >= 0.6 is 0 Å². The van der Waals surface area contributed by atoms with Gasteiger partial charge in [0.1, 0.15) is 17.5 Å². The van der Waals surface area contributed by atoms with E-state index in [1.165, 1.54) is 12.8 Å². The Bertz CT molecular complexity index is 1220. The summed E-state index contributed by atoms with van der Waals surface area (Å²) in [6.45, 7) is 6.29. The molecule has 2 fully saturated rings. The molecule has 1 saturated heterocycles. The number of amides is 2. The number of rotatable bonds is 8. The zero-order valence-electron chi connectivity index (χ0n) is 24.4. The van der Waals surface area contributed by atoms with Crippen LogP contribution in [0.3, 0.4) is 0 Å². The van der Waals surface area contributed by atoms with E-state index >= 15 is 0 Å². The molecule has 1 saturated carbocycles. The molecule has 2 amide bonds. The first-order valence-corrected chi connectivity index (χ1v) is 14.6. The largest absolute Gasteiger partial charge is 0.495 e. The van der Waals surface area contributed by atoms with Crippen molar-refractivity contribution in [2.24, 2.45) is 5.92 Å². The molecule has 40 heavy (non-hydrogen) atoms. The van der Waals surface area contributed by atoms with Crippen molar-refractivity contribution in [2.45, 2.75) is 76.9 Å². The number of nitrogens with one attached hydrogen (secondary N) is 2. The third-order valence-electron chi connectivity index (χ3n) is 8.48. The number of ether oxygens (including phenoxy) is 1. The molecule has 2 N–H and O–H groups in total. The van der Waals surface area contributed by atoms with E-state index < -0.39 is 0 Å². The number of likely N-dealkylation sites (tertiary alicyclic amines) is 1. The second kappa shape index (κ2) is 12.0. The van der Waals surface area contributed by atoms with Gasteiger partial charge in [0, 0.05) is 24.7 Å². The quantitative estimate of drug-likeness (QED) is 0.505. The number of benzene rings is 1. The molecule has 1 aromatic carbocycles. The molecule has 1 aliphatic carbocycles. The molecule has 2 aromatic rings. The first kappa shape index (κ1) is 28.1. The van der Waals surface area contributed by atoms with Crippen molar-refractivity contribution in [1.29, 1.82) is 0 Å². The summed E-state index contributed by atoms with van der Waals surface area (Å²) in [6.07, 6.45) is 8.86. The lowest BCUT2D eigenvalue weighted by Gasteiger charge is -2.44. The van der Waals surface area contributed by atoms with Gasteiger partial charge in [0.15, 0.2) is 5.82 Å². The highest BCUT2D eigenvalue weighted by Crippen LogP contribution is 2.41. The van der Waals surface area contributed by atoms with Gasteiger partial charge in [-0.1, -0.05) is 26.7 Å². The Balaban J connectivity index is 1.39. The number of nitrogens with zero attached hydrogens (tertiary/aromatic N) is 5. The number of carbonyl (C=O) groups excluding carboxylic acids is 2. The van der Waals surface area contributed by atoms with Crippen LogP contribution in [0, 0.1) is 5.92 Å². The fourth-order valence-electron chi connectivity index (χ4n) is 6.21. The minimum atomic E-state index is -0.236. The van der Waals surface area contributed by atoms with Crippen LogP contribution in [0.4, 0.5) is 23.1 Å². The average molecular weight is 550 g/mol. The Morgan fingerprint density at radius 3 is 2.52 bits per heavy atom. The monoisotopic (exact) mass is 549 g/mol. The van der Waals surface area contributed by atoms with Crippen molar-refractivity contribution < 1.29 is 14.3 Å². The van der Waals surface area contributed by atoms with Crippen LogP contribution in [0.5, 0.6) is 5.75 Å². The predicted molar refractivity (Wildman–Crippen MR) is 158 cm³/mol. The lowest BCUT2D eigenvalue weighted by atomic mass is 9.96. The molecule has 0 radical (unpaired) electrons. The fourth-order valence-corrected chi connectivity index (χ4v) is 6.21. The summed E-state index contributed by atoms with van der Waals surface area (Å²) in [6, 6.07) is 5.62. The smallest absolute Gasteiger partial charge is 0.251 e. The van der Waals surface area contributed by atoms with Crippen molar-refractivity contribution in [2.75, 3.05) is 49.4 Å². The zero-order valence-corrected chi connectivity index (χ0v) is 24.4.